The standard InChI is InChI=1S/C25H21N5O/c31-25(27-23-20-11-3-1-9-18(20)19-10-2-4-12-21(19)23)26-17-8-5-7-16(15-17)24-29-28-22-13-6-14-30(22)24/h1-5,7-12,15,23H,6,13-14H2,(H2,26,27,31). The van der Waals surface area contributed by atoms with Crippen LogP contribution in [0.2, 0.25) is 0 Å². The van der Waals surface area contributed by atoms with E-state index in [0.29, 0.717) is 0 Å². The molecular weight excluding hydrogens is 386 g/mol. The van der Waals surface area contributed by atoms with Crippen molar-refractivity contribution in [2.75, 3.05) is 5.32 Å². The summed E-state index contributed by atoms with van der Waals surface area (Å²) < 4.78 is 2.16. The molecule has 0 bridgehead atoms. The first-order chi connectivity index (χ1) is 15.3. The maximum Gasteiger partial charge on any atom is 0.319 e. The summed E-state index contributed by atoms with van der Waals surface area (Å²) in [4.78, 5) is 12.9. The number of aromatic nitrogens is 3. The molecule has 4 aromatic rings. The number of hydrogen-bond acceptors (Lipinski definition) is 3. The van der Waals surface area contributed by atoms with Crippen molar-refractivity contribution >= 4 is 11.7 Å². The molecule has 6 nitrogen and oxygen atoms in total. The van der Waals surface area contributed by atoms with Crippen molar-refractivity contribution in [1.29, 1.82) is 0 Å². The zero-order valence-electron chi connectivity index (χ0n) is 16.9. The molecule has 2 N–H and O–H groups in total. The summed E-state index contributed by atoms with van der Waals surface area (Å²) in [7, 11) is 0. The highest BCUT2D eigenvalue weighted by molar-refractivity contribution is 5.92. The van der Waals surface area contributed by atoms with Gasteiger partial charge in [-0.15, -0.1) is 10.2 Å². The van der Waals surface area contributed by atoms with E-state index in [1.165, 1.54) is 11.1 Å². The van der Waals surface area contributed by atoms with Gasteiger partial charge in [0.1, 0.15) is 5.82 Å². The molecule has 6 heteroatoms. The van der Waals surface area contributed by atoms with Gasteiger partial charge in [0.2, 0.25) is 0 Å². The van der Waals surface area contributed by atoms with E-state index in [1.54, 1.807) is 0 Å². The number of urea groups is 1. The summed E-state index contributed by atoms with van der Waals surface area (Å²) in [6, 6.07) is 23.8. The molecule has 0 saturated heterocycles. The molecule has 1 aliphatic carbocycles. The van der Waals surface area contributed by atoms with Crippen molar-refractivity contribution in [3.63, 3.8) is 0 Å². The summed E-state index contributed by atoms with van der Waals surface area (Å²) in [6.45, 7) is 0.941. The van der Waals surface area contributed by atoms with Crippen molar-refractivity contribution < 1.29 is 4.79 Å². The van der Waals surface area contributed by atoms with E-state index in [1.807, 2.05) is 48.5 Å². The van der Waals surface area contributed by atoms with Gasteiger partial charge in [-0.05, 0) is 40.8 Å². The lowest BCUT2D eigenvalue weighted by Gasteiger charge is -2.17. The molecule has 0 atom stereocenters. The Kier molecular flexibility index (Phi) is 4.09. The summed E-state index contributed by atoms with van der Waals surface area (Å²) >= 11 is 0. The van der Waals surface area contributed by atoms with Gasteiger partial charge in [-0.3, -0.25) is 0 Å². The Bertz CT molecular complexity index is 1260. The third-order valence-corrected chi connectivity index (χ3v) is 6.10. The van der Waals surface area contributed by atoms with E-state index >= 15 is 0 Å². The Morgan fingerprint density at radius 1 is 0.903 bits per heavy atom. The van der Waals surface area contributed by atoms with Crippen LogP contribution in [0.1, 0.15) is 29.4 Å². The number of carbonyl (C=O) groups is 1. The Morgan fingerprint density at radius 3 is 2.42 bits per heavy atom. The SMILES string of the molecule is O=C(Nc1cccc(-c2nnc3n2CCC3)c1)NC1c2ccccc2-c2ccccc21. The van der Waals surface area contributed by atoms with Crippen molar-refractivity contribution in [2.45, 2.75) is 25.4 Å². The summed E-state index contributed by atoms with van der Waals surface area (Å²) in [5.74, 6) is 1.89. The third kappa shape index (κ3) is 2.99. The lowest BCUT2D eigenvalue weighted by Crippen LogP contribution is -2.32. The Hall–Kier alpha value is -3.93. The van der Waals surface area contributed by atoms with E-state index in [2.05, 4.69) is 49.7 Å². The van der Waals surface area contributed by atoms with Crippen LogP contribution in [-0.4, -0.2) is 20.8 Å². The molecule has 2 aliphatic rings. The summed E-state index contributed by atoms with van der Waals surface area (Å²) in [5.41, 5.74) is 6.26. The van der Waals surface area contributed by atoms with Gasteiger partial charge in [0.25, 0.3) is 0 Å². The maximum absolute atomic E-state index is 12.9. The normalized spacial score (nSPS) is 14.1. The number of benzene rings is 3. The second-order valence-electron chi connectivity index (χ2n) is 7.98. The Balaban J connectivity index is 1.25. The Labute approximate surface area is 180 Å². The molecule has 3 aromatic carbocycles. The molecule has 6 rings (SSSR count). The Morgan fingerprint density at radius 2 is 1.65 bits per heavy atom. The van der Waals surface area contributed by atoms with Crippen molar-refractivity contribution in [3.8, 4) is 22.5 Å². The highest BCUT2D eigenvalue weighted by Crippen LogP contribution is 2.43. The fourth-order valence-corrected chi connectivity index (χ4v) is 4.71. The first-order valence-corrected chi connectivity index (χ1v) is 10.6. The number of aryl methyl sites for hydroxylation is 1. The largest absolute Gasteiger partial charge is 0.327 e. The van der Waals surface area contributed by atoms with E-state index < -0.39 is 0 Å². The molecule has 1 aromatic heterocycles. The van der Waals surface area contributed by atoms with Gasteiger partial charge in [0.05, 0.1) is 6.04 Å². The average molecular weight is 407 g/mol. The van der Waals surface area contributed by atoms with Gasteiger partial charge < -0.3 is 15.2 Å². The van der Waals surface area contributed by atoms with Crippen molar-refractivity contribution in [3.05, 3.63) is 89.7 Å². The van der Waals surface area contributed by atoms with Crippen LogP contribution in [0.4, 0.5) is 10.5 Å². The van der Waals surface area contributed by atoms with Gasteiger partial charge in [-0.2, -0.15) is 0 Å². The number of carbonyl (C=O) groups excluding carboxylic acids is 1. The number of amides is 2. The molecule has 0 spiro atoms. The van der Waals surface area contributed by atoms with Crippen molar-refractivity contribution in [2.24, 2.45) is 0 Å². The van der Waals surface area contributed by atoms with Crippen LogP contribution in [0, 0.1) is 0 Å². The van der Waals surface area contributed by atoms with Gasteiger partial charge in [0, 0.05) is 24.2 Å². The minimum absolute atomic E-state index is 0.171. The molecule has 2 heterocycles. The van der Waals surface area contributed by atoms with Crippen molar-refractivity contribution in [1.82, 2.24) is 20.1 Å². The predicted molar refractivity (Wildman–Crippen MR) is 120 cm³/mol. The predicted octanol–water partition coefficient (Wildman–Crippen LogP) is 4.78. The number of rotatable bonds is 3. The van der Waals surface area contributed by atoms with Crippen LogP contribution in [-0.2, 0) is 13.0 Å². The quantitative estimate of drug-likeness (QED) is 0.513. The lowest BCUT2D eigenvalue weighted by atomic mass is 10.1. The molecule has 2 amide bonds. The highest BCUT2D eigenvalue weighted by Gasteiger charge is 2.29. The molecule has 31 heavy (non-hydrogen) atoms. The van der Waals surface area contributed by atoms with Crippen LogP contribution in [0.25, 0.3) is 22.5 Å². The van der Waals surface area contributed by atoms with E-state index in [9.17, 15) is 4.79 Å². The number of nitrogens with one attached hydrogen (secondary N) is 2. The van der Waals surface area contributed by atoms with E-state index in [-0.39, 0.29) is 12.1 Å². The third-order valence-electron chi connectivity index (χ3n) is 6.10. The van der Waals surface area contributed by atoms with E-state index in [4.69, 9.17) is 0 Å². The van der Waals surface area contributed by atoms with Crippen LogP contribution >= 0.6 is 0 Å². The molecule has 152 valence electrons. The lowest BCUT2D eigenvalue weighted by molar-refractivity contribution is 0.250. The highest BCUT2D eigenvalue weighted by atomic mass is 16.2. The molecular formula is C25H21N5O. The smallest absolute Gasteiger partial charge is 0.319 e. The monoisotopic (exact) mass is 407 g/mol. The molecule has 1 aliphatic heterocycles. The summed E-state index contributed by atoms with van der Waals surface area (Å²) in [6.07, 6.45) is 2.07. The first-order valence-electron chi connectivity index (χ1n) is 10.6. The van der Waals surface area contributed by atoms with E-state index in [0.717, 1.165) is 53.4 Å². The summed E-state index contributed by atoms with van der Waals surface area (Å²) in [5, 5.41) is 14.8. The number of nitrogens with zero attached hydrogens (tertiary/aromatic N) is 3. The fraction of sp³-hybridized carbons (Fsp3) is 0.160. The zero-order chi connectivity index (χ0) is 20.8. The van der Waals surface area contributed by atoms with Gasteiger partial charge in [0.15, 0.2) is 5.82 Å². The van der Waals surface area contributed by atoms with Gasteiger partial charge >= 0.3 is 6.03 Å². The number of hydrogen-bond donors (Lipinski definition) is 2. The minimum atomic E-state index is -0.236. The number of fused-ring (bicyclic) bond motifs is 4. The average Bonchev–Trinajstić information content (AvgIpc) is 3.49. The fourth-order valence-electron chi connectivity index (χ4n) is 4.71. The van der Waals surface area contributed by atoms with Gasteiger partial charge in [-0.25, -0.2) is 4.79 Å². The molecule has 0 radical (unpaired) electrons. The minimum Gasteiger partial charge on any atom is -0.327 e. The van der Waals surface area contributed by atoms with Crippen LogP contribution in [0.3, 0.4) is 0 Å². The molecule has 0 fully saturated rings. The number of anilines is 1. The second kappa shape index (κ2) is 7.09. The first kappa shape index (κ1) is 17.9. The molecule has 0 saturated carbocycles. The topological polar surface area (TPSA) is 71.8 Å². The van der Waals surface area contributed by atoms with Gasteiger partial charge in [-0.1, -0.05) is 60.7 Å². The zero-order valence-corrected chi connectivity index (χ0v) is 16.9. The van der Waals surface area contributed by atoms with Crippen LogP contribution in [0.5, 0.6) is 0 Å². The van der Waals surface area contributed by atoms with Crippen LogP contribution < -0.4 is 10.6 Å². The second-order valence-corrected chi connectivity index (χ2v) is 7.98. The van der Waals surface area contributed by atoms with Crippen LogP contribution in [0.15, 0.2) is 72.8 Å². The maximum atomic E-state index is 12.9. The molecule has 0 unspecified atom stereocenters.